The third-order valence-electron chi connectivity index (χ3n) is 4.42. The SMILES string of the molecule is COC(=O)c1cc([C@H]2CCCC2(C)C)c(OSOOC(F)(F)F)cc1F. The second-order valence-electron chi connectivity index (χ2n) is 6.54. The molecule has 1 saturated carbocycles. The molecule has 0 saturated heterocycles. The van der Waals surface area contributed by atoms with E-state index in [2.05, 4.69) is 14.0 Å². The van der Waals surface area contributed by atoms with Crippen molar-refractivity contribution in [3.05, 3.63) is 29.1 Å². The average molecular weight is 398 g/mol. The lowest BCUT2D eigenvalue weighted by atomic mass is 9.77. The van der Waals surface area contributed by atoms with Crippen LogP contribution in [-0.2, 0) is 14.0 Å². The molecule has 0 aliphatic heterocycles. The van der Waals surface area contributed by atoms with Crippen molar-refractivity contribution >= 4 is 18.3 Å². The van der Waals surface area contributed by atoms with Crippen molar-refractivity contribution in [2.75, 3.05) is 7.11 Å². The number of halogens is 4. The summed E-state index contributed by atoms with van der Waals surface area (Å²) in [5.74, 6) is -1.88. The maximum Gasteiger partial charge on any atom is 0.550 e. The maximum atomic E-state index is 14.2. The Morgan fingerprint density at radius 2 is 2.00 bits per heavy atom. The molecule has 1 aromatic rings. The molecule has 1 aliphatic carbocycles. The van der Waals surface area contributed by atoms with Gasteiger partial charge in [-0.25, -0.2) is 9.18 Å². The number of methoxy groups -OCH3 is 1. The number of rotatable bonds is 6. The topological polar surface area (TPSA) is 54.0 Å². The molecule has 1 aliphatic rings. The standard InChI is InChI=1S/C16H18F4O5S/c1-15(2)6-4-5-11(15)9-7-10(14(21)22-3)12(17)8-13(9)23-26-25-24-16(18,19)20/h7-8,11H,4-6H2,1-3H3/t11-/m1/s1. The molecular formula is C16H18F4O5S. The summed E-state index contributed by atoms with van der Waals surface area (Å²) in [6, 6.07) is 2.25. The Morgan fingerprint density at radius 3 is 2.54 bits per heavy atom. The largest absolute Gasteiger partial charge is 0.550 e. The lowest BCUT2D eigenvalue weighted by Gasteiger charge is -2.28. The lowest BCUT2D eigenvalue weighted by molar-refractivity contribution is -0.441. The number of ether oxygens (including phenoxy) is 1. The van der Waals surface area contributed by atoms with Crippen LogP contribution in [0.1, 0.15) is 54.9 Å². The molecule has 10 heteroatoms. The van der Waals surface area contributed by atoms with Crippen molar-refractivity contribution in [2.45, 2.75) is 45.4 Å². The first-order chi connectivity index (χ1) is 12.0. The molecule has 0 heterocycles. The van der Waals surface area contributed by atoms with Gasteiger partial charge in [0.15, 0.2) is 0 Å². The van der Waals surface area contributed by atoms with Crippen molar-refractivity contribution in [3.8, 4) is 5.75 Å². The summed E-state index contributed by atoms with van der Waals surface area (Å²) in [7, 11) is 1.13. The highest BCUT2D eigenvalue weighted by molar-refractivity contribution is 7.90. The summed E-state index contributed by atoms with van der Waals surface area (Å²) in [5, 5.41) is 0. The minimum Gasteiger partial charge on any atom is -0.465 e. The summed E-state index contributed by atoms with van der Waals surface area (Å²) in [6.07, 6.45) is -2.40. The molecule has 146 valence electrons. The van der Waals surface area contributed by atoms with Crippen LogP contribution in [0.25, 0.3) is 0 Å². The summed E-state index contributed by atoms with van der Waals surface area (Å²) in [5.41, 5.74) is 0.0737. The highest BCUT2D eigenvalue weighted by Crippen LogP contribution is 2.51. The fourth-order valence-corrected chi connectivity index (χ4v) is 3.54. The van der Waals surface area contributed by atoms with Crippen LogP contribution in [0, 0.1) is 11.2 Å². The number of hydrogen-bond donors (Lipinski definition) is 0. The van der Waals surface area contributed by atoms with Gasteiger partial charge in [-0.15, -0.1) is 22.4 Å². The predicted octanol–water partition coefficient (Wildman–Crippen LogP) is 5.32. The van der Waals surface area contributed by atoms with E-state index >= 15 is 0 Å². The van der Waals surface area contributed by atoms with Gasteiger partial charge in [-0.3, -0.25) is 0 Å². The van der Waals surface area contributed by atoms with Gasteiger partial charge < -0.3 is 8.92 Å². The number of esters is 1. The molecule has 0 aromatic heterocycles. The van der Waals surface area contributed by atoms with E-state index in [0.717, 1.165) is 32.4 Å². The van der Waals surface area contributed by atoms with Gasteiger partial charge in [-0.2, -0.15) is 0 Å². The fourth-order valence-electron chi connectivity index (χ4n) is 3.19. The van der Waals surface area contributed by atoms with Crippen molar-refractivity contribution in [3.63, 3.8) is 0 Å². The van der Waals surface area contributed by atoms with Crippen LogP contribution in [0.2, 0.25) is 0 Å². The number of benzene rings is 1. The van der Waals surface area contributed by atoms with Crippen molar-refractivity contribution in [1.82, 2.24) is 0 Å². The number of carbonyl (C=O) groups is 1. The van der Waals surface area contributed by atoms with Crippen LogP contribution >= 0.6 is 12.3 Å². The van der Waals surface area contributed by atoms with E-state index in [9.17, 15) is 22.4 Å². The molecule has 2 rings (SSSR count). The van der Waals surface area contributed by atoms with Gasteiger partial charge in [0.05, 0.1) is 12.7 Å². The van der Waals surface area contributed by atoms with Crippen LogP contribution in [-0.4, -0.2) is 19.4 Å². The summed E-state index contributed by atoms with van der Waals surface area (Å²) < 4.78 is 63.5. The van der Waals surface area contributed by atoms with Gasteiger partial charge in [0.1, 0.15) is 11.6 Å². The maximum absolute atomic E-state index is 14.2. The molecule has 5 nitrogen and oxygen atoms in total. The molecule has 0 radical (unpaired) electrons. The molecule has 1 fully saturated rings. The molecule has 0 bridgehead atoms. The van der Waals surface area contributed by atoms with Gasteiger partial charge in [0.2, 0.25) is 0 Å². The number of hydrogen-bond acceptors (Lipinski definition) is 6. The van der Waals surface area contributed by atoms with Crippen LogP contribution < -0.4 is 4.18 Å². The van der Waals surface area contributed by atoms with Gasteiger partial charge in [0, 0.05) is 11.6 Å². The first kappa shape index (κ1) is 20.8. The van der Waals surface area contributed by atoms with E-state index in [1.807, 2.05) is 13.8 Å². The monoisotopic (exact) mass is 398 g/mol. The predicted molar refractivity (Wildman–Crippen MR) is 84.6 cm³/mol. The second-order valence-corrected chi connectivity index (χ2v) is 6.98. The molecule has 0 spiro atoms. The van der Waals surface area contributed by atoms with E-state index in [-0.39, 0.29) is 35.0 Å². The second kappa shape index (κ2) is 8.01. The van der Waals surface area contributed by atoms with E-state index in [4.69, 9.17) is 4.18 Å². The van der Waals surface area contributed by atoms with Crippen LogP contribution in [0.3, 0.4) is 0 Å². The Bertz CT molecular complexity index is 663. The van der Waals surface area contributed by atoms with Crippen LogP contribution in [0.15, 0.2) is 12.1 Å². The smallest absolute Gasteiger partial charge is 0.465 e. The van der Waals surface area contributed by atoms with Crippen molar-refractivity contribution in [1.29, 1.82) is 0 Å². The minimum atomic E-state index is -4.99. The molecular weight excluding hydrogens is 380 g/mol. The fraction of sp³-hybridized carbons (Fsp3) is 0.562. The third kappa shape index (κ3) is 5.01. The molecule has 0 amide bonds. The van der Waals surface area contributed by atoms with Crippen LogP contribution in [0.5, 0.6) is 5.75 Å². The van der Waals surface area contributed by atoms with Gasteiger partial charge in [0.25, 0.3) is 12.3 Å². The Hall–Kier alpha value is -1.52. The van der Waals surface area contributed by atoms with Gasteiger partial charge >= 0.3 is 12.3 Å². The molecule has 26 heavy (non-hydrogen) atoms. The molecule has 1 atom stereocenters. The Kier molecular flexibility index (Phi) is 6.41. The summed E-state index contributed by atoms with van der Waals surface area (Å²) in [4.78, 5) is 14.9. The lowest BCUT2D eigenvalue weighted by Crippen LogP contribution is -2.17. The zero-order valence-corrected chi connectivity index (χ0v) is 15.1. The van der Waals surface area contributed by atoms with Crippen LogP contribution in [0.4, 0.5) is 17.6 Å². The zero-order chi connectivity index (χ0) is 19.5. The normalized spacial score (nSPS) is 19.4. The zero-order valence-electron chi connectivity index (χ0n) is 14.3. The minimum absolute atomic E-state index is 0.0362. The number of alkyl halides is 3. The third-order valence-corrected chi connectivity index (χ3v) is 4.79. The molecule has 0 N–H and O–H groups in total. The van der Waals surface area contributed by atoms with Gasteiger partial charge in [-0.1, -0.05) is 20.3 Å². The molecule has 0 unspecified atom stereocenters. The van der Waals surface area contributed by atoms with Gasteiger partial charge in [-0.05, 0) is 30.2 Å². The van der Waals surface area contributed by atoms with Crippen molar-refractivity contribution in [2.24, 2.45) is 5.41 Å². The summed E-state index contributed by atoms with van der Waals surface area (Å²) >= 11 is -0.0900. The number of carbonyl (C=O) groups excluding carboxylic acids is 1. The Labute approximate surface area is 152 Å². The van der Waals surface area contributed by atoms with E-state index in [0.29, 0.717) is 5.56 Å². The quantitative estimate of drug-likeness (QED) is 0.162. The first-order valence-corrected chi connectivity index (χ1v) is 8.39. The van der Waals surface area contributed by atoms with E-state index < -0.39 is 18.1 Å². The average Bonchev–Trinajstić information content (AvgIpc) is 2.89. The van der Waals surface area contributed by atoms with Crippen molar-refractivity contribution < 1.29 is 40.5 Å². The Morgan fingerprint density at radius 1 is 1.31 bits per heavy atom. The highest BCUT2D eigenvalue weighted by Gasteiger charge is 2.38. The molecule has 1 aromatic carbocycles. The highest BCUT2D eigenvalue weighted by atomic mass is 32.2. The van der Waals surface area contributed by atoms with E-state index in [1.165, 1.54) is 6.07 Å². The Balaban J connectivity index is 2.30. The first-order valence-electron chi connectivity index (χ1n) is 7.72. The van der Waals surface area contributed by atoms with E-state index in [1.54, 1.807) is 0 Å². The summed E-state index contributed by atoms with van der Waals surface area (Å²) in [6.45, 7) is 4.04.